The van der Waals surface area contributed by atoms with Crippen LogP contribution in [0.25, 0.3) is 0 Å². The highest BCUT2D eigenvalue weighted by molar-refractivity contribution is 5.51. The number of para-hydroxylation sites is 1. The number of aliphatic hydroxyl groups is 1. The van der Waals surface area contributed by atoms with Crippen molar-refractivity contribution < 1.29 is 24.1 Å². The van der Waals surface area contributed by atoms with E-state index in [4.69, 9.17) is 18.9 Å². The smallest absolute Gasteiger partial charge is 0.203 e. The van der Waals surface area contributed by atoms with E-state index in [9.17, 15) is 5.11 Å². The molecule has 1 rings (SSSR count). The third kappa shape index (κ3) is 3.80. The molecule has 5 nitrogen and oxygen atoms in total. The van der Waals surface area contributed by atoms with Crippen LogP contribution in [0.4, 0.5) is 0 Å². The Labute approximate surface area is 101 Å². The Balaban J connectivity index is 2.74. The van der Waals surface area contributed by atoms with Crippen molar-refractivity contribution >= 4 is 0 Å². The fourth-order valence-electron chi connectivity index (χ4n) is 1.38. The summed E-state index contributed by atoms with van der Waals surface area (Å²) >= 11 is 0. The molecule has 0 fully saturated rings. The molecule has 0 heterocycles. The zero-order chi connectivity index (χ0) is 12.7. The lowest BCUT2D eigenvalue weighted by Gasteiger charge is -2.16. The molecule has 0 saturated heterocycles. The van der Waals surface area contributed by atoms with E-state index in [1.54, 1.807) is 32.4 Å². The molecular formula is C12H18O5. The van der Waals surface area contributed by atoms with E-state index in [0.29, 0.717) is 17.2 Å². The van der Waals surface area contributed by atoms with Gasteiger partial charge in [0, 0.05) is 7.11 Å². The SMILES string of the molecule is COCC(O)COc1c(OC)cccc1OC. The third-order valence-corrected chi connectivity index (χ3v) is 2.16. The molecule has 0 bridgehead atoms. The number of hydrogen-bond acceptors (Lipinski definition) is 5. The Kier molecular flexibility index (Phi) is 5.59. The topological polar surface area (TPSA) is 57.2 Å². The van der Waals surface area contributed by atoms with Gasteiger partial charge in [-0.2, -0.15) is 0 Å². The van der Waals surface area contributed by atoms with Crippen molar-refractivity contribution in [1.29, 1.82) is 0 Å². The molecule has 0 saturated carbocycles. The van der Waals surface area contributed by atoms with E-state index in [1.165, 1.54) is 7.11 Å². The first-order valence-corrected chi connectivity index (χ1v) is 5.23. The maximum Gasteiger partial charge on any atom is 0.203 e. The van der Waals surface area contributed by atoms with Crippen molar-refractivity contribution in [2.24, 2.45) is 0 Å². The van der Waals surface area contributed by atoms with Gasteiger partial charge in [0.2, 0.25) is 5.75 Å². The maximum atomic E-state index is 9.51. The van der Waals surface area contributed by atoms with Gasteiger partial charge >= 0.3 is 0 Å². The fourth-order valence-corrected chi connectivity index (χ4v) is 1.38. The van der Waals surface area contributed by atoms with E-state index < -0.39 is 6.10 Å². The Bertz CT molecular complexity index is 317. The van der Waals surface area contributed by atoms with Crippen LogP contribution >= 0.6 is 0 Å². The molecule has 1 unspecified atom stereocenters. The molecule has 1 aromatic carbocycles. The normalized spacial score (nSPS) is 12.0. The lowest BCUT2D eigenvalue weighted by atomic mass is 10.3. The predicted octanol–water partition coefficient (Wildman–Crippen LogP) is 1.09. The Morgan fingerprint density at radius 2 is 1.65 bits per heavy atom. The molecule has 0 aliphatic carbocycles. The van der Waals surface area contributed by atoms with Crippen LogP contribution in [0.15, 0.2) is 18.2 Å². The van der Waals surface area contributed by atoms with E-state index >= 15 is 0 Å². The standard InChI is InChI=1S/C12H18O5/c1-14-7-9(13)8-17-12-10(15-2)5-4-6-11(12)16-3/h4-6,9,13H,7-8H2,1-3H3. The van der Waals surface area contributed by atoms with E-state index in [1.807, 2.05) is 0 Å². The molecule has 5 heteroatoms. The number of methoxy groups -OCH3 is 3. The first-order chi connectivity index (χ1) is 8.22. The van der Waals surface area contributed by atoms with Crippen LogP contribution in [0.2, 0.25) is 0 Å². The van der Waals surface area contributed by atoms with Gasteiger partial charge in [-0.05, 0) is 12.1 Å². The average molecular weight is 242 g/mol. The summed E-state index contributed by atoms with van der Waals surface area (Å²) in [7, 11) is 4.62. The minimum atomic E-state index is -0.686. The van der Waals surface area contributed by atoms with Crippen LogP contribution < -0.4 is 14.2 Å². The summed E-state index contributed by atoms with van der Waals surface area (Å²) < 4.78 is 20.6. The van der Waals surface area contributed by atoms with Gasteiger partial charge in [0.05, 0.1) is 20.8 Å². The quantitative estimate of drug-likeness (QED) is 0.775. The van der Waals surface area contributed by atoms with Crippen LogP contribution in [0, 0.1) is 0 Å². The predicted molar refractivity (Wildman–Crippen MR) is 62.9 cm³/mol. The average Bonchev–Trinajstić information content (AvgIpc) is 2.36. The molecule has 0 aliphatic heterocycles. The van der Waals surface area contributed by atoms with Gasteiger partial charge in [-0.25, -0.2) is 0 Å². The zero-order valence-corrected chi connectivity index (χ0v) is 10.3. The molecule has 1 aromatic rings. The lowest BCUT2D eigenvalue weighted by molar-refractivity contribution is 0.0312. The highest BCUT2D eigenvalue weighted by Crippen LogP contribution is 2.36. The Hall–Kier alpha value is -1.46. The van der Waals surface area contributed by atoms with Gasteiger partial charge in [-0.3, -0.25) is 0 Å². The van der Waals surface area contributed by atoms with E-state index in [-0.39, 0.29) is 13.2 Å². The molecule has 0 aromatic heterocycles. The summed E-state index contributed by atoms with van der Waals surface area (Å²) in [5, 5.41) is 9.51. The first-order valence-electron chi connectivity index (χ1n) is 5.23. The molecule has 1 atom stereocenters. The molecule has 0 spiro atoms. The van der Waals surface area contributed by atoms with Gasteiger partial charge in [-0.1, -0.05) is 6.07 Å². The van der Waals surface area contributed by atoms with Crippen LogP contribution in [-0.4, -0.2) is 45.8 Å². The van der Waals surface area contributed by atoms with E-state index in [2.05, 4.69) is 0 Å². The molecule has 96 valence electrons. The third-order valence-electron chi connectivity index (χ3n) is 2.16. The molecule has 1 N–H and O–H groups in total. The van der Waals surface area contributed by atoms with Crippen molar-refractivity contribution in [3.05, 3.63) is 18.2 Å². The summed E-state index contributed by atoms with van der Waals surface area (Å²) in [6.07, 6.45) is -0.686. The Morgan fingerprint density at radius 1 is 1.06 bits per heavy atom. The van der Waals surface area contributed by atoms with Gasteiger partial charge in [-0.15, -0.1) is 0 Å². The Morgan fingerprint density at radius 3 is 2.12 bits per heavy atom. The maximum absolute atomic E-state index is 9.51. The van der Waals surface area contributed by atoms with Crippen LogP contribution in [-0.2, 0) is 4.74 Å². The molecule has 0 amide bonds. The number of hydrogen-bond donors (Lipinski definition) is 1. The van der Waals surface area contributed by atoms with Crippen LogP contribution in [0.5, 0.6) is 17.2 Å². The molecule has 0 aliphatic rings. The summed E-state index contributed by atoms with van der Waals surface area (Å²) in [6, 6.07) is 5.33. The molecule has 17 heavy (non-hydrogen) atoms. The molecular weight excluding hydrogens is 224 g/mol. The van der Waals surface area contributed by atoms with Gasteiger partial charge < -0.3 is 24.1 Å². The van der Waals surface area contributed by atoms with Gasteiger partial charge in [0.15, 0.2) is 11.5 Å². The second-order valence-corrected chi connectivity index (χ2v) is 3.41. The zero-order valence-electron chi connectivity index (χ0n) is 10.3. The van der Waals surface area contributed by atoms with E-state index in [0.717, 1.165) is 0 Å². The van der Waals surface area contributed by atoms with Crippen molar-refractivity contribution in [3.8, 4) is 17.2 Å². The fraction of sp³-hybridized carbons (Fsp3) is 0.500. The summed E-state index contributed by atoms with van der Waals surface area (Å²) in [6.45, 7) is 0.335. The minimum Gasteiger partial charge on any atom is -0.493 e. The second kappa shape index (κ2) is 6.98. The summed E-state index contributed by atoms with van der Waals surface area (Å²) in [5.74, 6) is 1.61. The van der Waals surface area contributed by atoms with Gasteiger partial charge in [0.1, 0.15) is 12.7 Å². The molecule has 0 radical (unpaired) electrons. The summed E-state index contributed by atoms with van der Waals surface area (Å²) in [5.41, 5.74) is 0. The number of aliphatic hydroxyl groups excluding tert-OH is 1. The highest BCUT2D eigenvalue weighted by atomic mass is 16.5. The van der Waals surface area contributed by atoms with Crippen molar-refractivity contribution in [3.63, 3.8) is 0 Å². The van der Waals surface area contributed by atoms with Crippen LogP contribution in [0.1, 0.15) is 0 Å². The van der Waals surface area contributed by atoms with Crippen molar-refractivity contribution in [2.45, 2.75) is 6.10 Å². The van der Waals surface area contributed by atoms with Crippen molar-refractivity contribution in [1.82, 2.24) is 0 Å². The monoisotopic (exact) mass is 242 g/mol. The number of benzene rings is 1. The highest BCUT2D eigenvalue weighted by Gasteiger charge is 2.13. The largest absolute Gasteiger partial charge is 0.493 e. The second-order valence-electron chi connectivity index (χ2n) is 3.41. The van der Waals surface area contributed by atoms with Crippen molar-refractivity contribution in [2.75, 3.05) is 34.5 Å². The van der Waals surface area contributed by atoms with Crippen LogP contribution in [0.3, 0.4) is 0 Å². The first kappa shape index (κ1) is 13.6. The number of rotatable bonds is 7. The lowest BCUT2D eigenvalue weighted by Crippen LogP contribution is -2.22. The number of ether oxygens (including phenoxy) is 4. The minimum absolute atomic E-state index is 0.116. The summed E-state index contributed by atoms with van der Waals surface area (Å²) in [4.78, 5) is 0. The van der Waals surface area contributed by atoms with Gasteiger partial charge in [0.25, 0.3) is 0 Å².